The van der Waals surface area contributed by atoms with Crippen LogP contribution in [0.4, 0.5) is 5.69 Å². The zero-order valence-electron chi connectivity index (χ0n) is 11.8. The van der Waals surface area contributed by atoms with Crippen molar-refractivity contribution >= 4 is 11.6 Å². The Morgan fingerprint density at radius 1 is 1.42 bits per heavy atom. The van der Waals surface area contributed by atoms with Gasteiger partial charge in [-0.2, -0.15) is 0 Å². The quantitative estimate of drug-likeness (QED) is 0.828. The molecule has 0 unspecified atom stereocenters. The number of amides is 1. The molecule has 2 N–H and O–H groups in total. The number of rotatable bonds is 6. The maximum Gasteiger partial charge on any atom is 0.238 e. The van der Waals surface area contributed by atoms with E-state index in [9.17, 15) is 4.79 Å². The molecule has 0 aliphatic heterocycles. The first-order chi connectivity index (χ1) is 9.10. The lowest BCUT2D eigenvalue weighted by Gasteiger charge is -2.13. The molecule has 0 aromatic heterocycles. The van der Waals surface area contributed by atoms with E-state index in [1.54, 1.807) is 7.11 Å². The van der Waals surface area contributed by atoms with Gasteiger partial charge in [0.25, 0.3) is 0 Å². The van der Waals surface area contributed by atoms with E-state index in [0.29, 0.717) is 24.3 Å². The monoisotopic (exact) mass is 262 g/mol. The van der Waals surface area contributed by atoms with Gasteiger partial charge in [-0.05, 0) is 36.5 Å². The Hall–Kier alpha value is -1.55. The molecule has 0 heterocycles. The first-order valence-corrected chi connectivity index (χ1v) is 6.81. The number of anilines is 1. The van der Waals surface area contributed by atoms with Crippen molar-refractivity contribution in [2.24, 2.45) is 0 Å². The van der Waals surface area contributed by atoms with E-state index in [0.717, 1.165) is 5.69 Å². The zero-order chi connectivity index (χ0) is 13.8. The molecular formula is C15H22N2O2. The van der Waals surface area contributed by atoms with Crippen LogP contribution >= 0.6 is 0 Å². The second-order valence-electron chi connectivity index (χ2n) is 5.32. The number of ether oxygens (including phenoxy) is 1. The maximum atomic E-state index is 11.8. The Balaban J connectivity index is 1.99. The van der Waals surface area contributed by atoms with Crippen LogP contribution in [0.2, 0.25) is 0 Å². The van der Waals surface area contributed by atoms with E-state index >= 15 is 0 Å². The van der Waals surface area contributed by atoms with Crippen molar-refractivity contribution in [3.05, 3.63) is 23.8 Å². The second kappa shape index (κ2) is 6.06. The van der Waals surface area contributed by atoms with Gasteiger partial charge in [-0.25, -0.2) is 0 Å². The van der Waals surface area contributed by atoms with E-state index in [1.165, 1.54) is 18.4 Å². The van der Waals surface area contributed by atoms with Crippen LogP contribution in [0, 0.1) is 0 Å². The van der Waals surface area contributed by atoms with Crippen LogP contribution in [0.3, 0.4) is 0 Å². The number of carbonyl (C=O) groups excluding carboxylic acids is 1. The molecule has 1 aromatic rings. The van der Waals surface area contributed by atoms with Gasteiger partial charge in [-0.1, -0.05) is 19.9 Å². The Labute approximate surface area is 114 Å². The van der Waals surface area contributed by atoms with Crippen LogP contribution < -0.4 is 15.4 Å². The molecule has 1 aliphatic carbocycles. The van der Waals surface area contributed by atoms with Gasteiger partial charge in [0.05, 0.1) is 19.3 Å². The van der Waals surface area contributed by atoms with Gasteiger partial charge >= 0.3 is 0 Å². The molecular weight excluding hydrogens is 240 g/mol. The summed E-state index contributed by atoms with van der Waals surface area (Å²) < 4.78 is 5.34. The minimum atomic E-state index is -0.0255. The molecule has 0 saturated heterocycles. The molecule has 0 bridgehead atoms. The van der Waals surface area contributed by atoms with Gasteiger partial charge in [0.1, 0.15) is 5.75 Å². The van der Waals surface area contributed by atoms with Gasteiger partial charge in [0.15, 0.2) is 0 Å². The standard InChI is InChI=1S/C15H22N2O2/c1-10(2)11-4-7-13(14(8-11)19-3)17-15(18)9-16-12-5-6-12/h4,7-8,10,12,16H,5-6,9H2,1-3H3,(H,17,18). The topological polar surface area (TPSA) is 50.4 Å². The predicted octanol–water partition coefficient (Wildman–Crippen LogP) is 2.51. The van der Waals surface area contributed by atoms with E-state index < -0.39 is 0 Å². The lowest BCUT2D eigenvalue weighted by atomic mass is 10.0. The summed E-state index contributed by atoms with van der Waals surface area (Å²) in [5, 5.41) is 6.08. The fraction of sp³-hybridized carbons (Fsp3) is 0.533. The lowest BCUT2D eigenvalue weighted by Crippen LogP contribution is -2.29. The van der Waals surface area contributed by atoms with Crippen LogP contribution in [-0.4, -0.2) is 25.6 Å². The van der Waals surface area contributed by atoms with Gasteiger partial charge in [-0.15, -0.1) is 0 Å². The van der Waals surface area contributed by atoms with Gasteiger partial charge < -0.3 is 15.4 Å². The normalized spacial score (nSPS) is 14.5. The number of methoxy groups -OCH3 is 1. The molecule has 1 saturated carbocycles. The molecule has 1 aliphatic rings. The molecule has 1 amide bonds. The second-order valence-corrected chi connectivity index (χ2v) is 5.32. The van der Waals surface area contributed by atoms with Crippen molar-refractivity contribution in [1.82, 2.24) is 5.32 Å². The van der Waals surface area contributed by atoms with Crippen LogP contribution in [0.25, 0.3) is 0 Å². The summed E-state index contributed by atoms with van der Waals surface area (Å²) in [6.07, 6.45) is 2.36. The molecule has 4 nitrogen and oxygen atoms in total. The highest BCUT2D eigenvalue weighted by molar-refractivity contribution is 5.93. The minimum Gasteiger partial charge on any atom is -0.495 e. The van der Waals surface area contributed by atoms with Crippen molar-refractivity contribution in [3.8, 4) is 5.75 Å². The van der Waals surface area contributed by atoms with E-state index in [2.05, 4.69) is 24.5 Å². The van der Waals surface area contributed by atoms with Crippen molar-refractivity contribution in [2.45, 2.75) is 38.6 Å². The Bertz CT molecular complexity index is 453. The molecule has 104 valence electrons. The molecule has 0 atom stereocenters. The maximum absolute atomic E-state index is 11.8. The lowest BCUT2D eigenvalue weighted by molar-refractivity contribution is -0.115. The fourth-order valence-corrected chi connectivity index (χ4v) is 1.89. The number of hydrogen-bond donors (Lipinski definition) is 2. The highest BCUT2D eigenvalue weighted by atomic mass is 16.5. The largest absolute Gasteiger partial charge is 0.495 e. The summed E-state index contributed by atoms with van der Waals surface area (Å²) >= 11 is 0. The SMILES string of the molecule is COc1cc(C(C)C)ccc1NC(=O)CNC1CC1. The van der Waals surface area contributed by atoms with E-state index in [1.807, 2.05) is 18.2 Å². The Morgan fingerprint density at radius 2 is 2.16 bits per heavy atom. The van der Waals surface area contributed by atoms with Crippen LogP contribution in [0.15, 0.2) is 18.2 Å². The van der Waals surface area contributed by atoms with Crippen molar-refractivity contribution < 1.29 is 9.53 Å². The average Bonchev–Trinajstić information content (AvgIpc) is 3.20. The Morgan fingerprint density at radius 3 is 2.74 bits per heavy atom. The summed E-state index contributed by atoms with van der Waals surface area (Å²) in [6, 6.07) is 6.45. The third-order valence-electron chi connectivity index (χ3n) is 3.29. The molecule has 0 radical (unpaired) electrons. The summed E-state index contributed by atoms with van der Waals surface area (Å²) in [5.74, 6) is 1.13. The number of nitrogens with one attached hydrogen (secondary N) is 2. The van der Waals surface area contributed by atoms with Gasteiger partial charge in [0.2, 0.25) is 5.91 Å². The minimum absolute atomic E-state index is 0.0255. The molecule has 4 heteroatoms. The Kier molecular flexibility index (Phi) is 4.43. The van der Waals surface area contributed by atoms with Gasteiger partial charge in [0, 0.05) is 6.04 Å². The first kappa shape index (κ1) is 13.9. The highest BCUT2D eigenvalue weighted by Gasteiger charge is 2.21. The summed E-state index contributed by atoms with van der Waals surface area (Å²) in [4.78, 5) is 11.8. The van der Waals surface area contributed by atoms with Crippen molar-refractivity contribution in [2.75, 3.05) is 19.0 Å². The average molecular weight is 262 g/mol. The molecule has 2 rings (SSSR count). The van der Waals surface area contributed by atoms with E-state index in [4.69, 9.17) is 4.74 Å². The van der Waals surface area contributed by atoms with Crippen molar-refractivity contribution in [3.63, 3.8) is 0 Å². The highest BCUT2D eigenvalue weighted by Crippen LogP contribution is 2.28. The molecule has 1 fully saturated rings. The van der Waals surface area contributed by atoms with E-state index in [-0.39, 0.29) is 5.91 Å². The summed E-state index contributed by atoms with van der Waals surface area (Å²) in [7, 11) is 1.62. The van der Waals surface area contributed by atoms with Crippen molar-refractivity contribution in [1.29, 1.82) is 0 Å². The fourth-order valence-electron chi connectivity index (χ4n) is 1.89. The molecule has 19 heavy (non-hydrogen) atoms. The number of carbonyl (C=O) groups is 1. The number of benzene rings is 1. The summed E-state index contributed by atoms with van der Waals surface area (Å²) in [6.45, 7) is 4.62. The molecule has 0 spiro atoms. The molecule has 1 aromatic carbocycles. The van der Waals surface area contributed by atoms with Crippen LogP contribution in [0.5, 0.6) is 5.75 Å². The van der Waals surface area contributed by atoms with Gasteiger partial charge in [-0.3, -0.25) is 4.79 Å². The smallest absolute Gasteiger partial charge is 0.238 e. The number of hydrogen-bond acceptors (Lipinski definition) is 3. The van der Waals surface area contributed by atoms with Crippen LogP contribution in [0.1, 0.15) is 38.2 Å². The predicted molar refractivity (Wildman–Crippen MR) is 76.7 cm³/mol. The third-order valence-corrected chi connectivity index (χ3v) is 3.29. The summed E-state index contributed by atoms with van der Waals surface area (Å²) in [5.41, 5.74) is 1.93. The third kappa shape index (κ3) is 3.96. The zero-order valence-corrected chi connectivity index (χ0v) is 11.8. The van der Waals surface area contributed by atoms with Crippen LogP contribution in [-0.2, 0) is 4.79 Å². The first-order valence-electron chi connectivity index (χ1n) is 6.81.